The van der Waals surface area contributed by atoms with Crippen molar-refractivity contribution in [1.29, 1.82) is 0 Å². The molecular weight excluding hydrogens is 369 g/mol. The summed E-state index contributed by atoms with van der Waals surface area (Å²) < 4.78 is 26.1. The smallest absolute Gasteiger partial charge is 0.189 e. The molecule has 0 saturated carbocycles. The molecule has 1 saturated heterocycles. The van der Waals surface area contributed by atoms with E-state index in [1.54, 1.807) is 26.4 Å². The van der Waals surface area contributed by atoms with Gasteiger partial charge >= 0.3 is 0 Å². The Morgan fingerprint density at radius 3 is 2.38 bits per heavy atom. The SMILES string of the molecule is COc1cc2c(cc1OC)C(=O)C(=CC1(F)CCN(Cc3ccccc3)CC1)C2. The van der Waals surface area contributed by atoms with Crippen LogP contribution in [0.4, 0.5) is 4.39 Å². The summed E-state index contributed by atoms with van der Waals surface area (Å²) in [5.41, 5.74) is 1.79. The van der Waals surface area contributed by atoms with Crippen LogP contribution in [0.1, 0.15) is 34.3 Å². The zero-order valence-corrected chi connectivity index (χ0v) is 16.9. The van der Waals surface area contributed by atoms with Crippen LogP contribution in [0.25, 0.3) is 0 Å². The van der Waals surface area contributed by atoms with Gasteiger partial charge in [-0.3, -0.25) is 9.69 Å². The number of benzene rings is 2. The van der Waals surface area contributed by atoms with E-state index in [2.05, 4.69) is 17.0 Å². The number of ketones is 1. The Hall–Kier alpha value is -2.66. The number of allylic oxidation sites excluding steroid dienone is 2. The lowest BCUT2D eigenvalue weighted by Crippen LogP contribution is -2.40. The average molecular weight is 395 g/mol. The molecule has 0 atom stereocenters. The second-order valence-electron chi connectivity index (χ2n) is 7.84. The Bertz CT molecular complexity index is 931. The number of fused-ring (bicyclic) bond motifs is 1. The van der Waals surface area contributed by atoms with Crippen molar-refractivity contribution >= 4 is 5.78 Å². The highest BCUT2D eigenvalue weighted by atomic mass is 19.1. The van der Waals surface area contributed by atoms with Gasteiger partial charge in [0.25, 0.3) is 0 Å². The van der Waals surface area contributed by atoms with E-state index in [1.807, 2.05) is 24.3 Å². The van der Waals surface area contributed by atoms with Gasteiger partial charge in [-0.05, 0) is 42.2 Å². The maximum Gasteiger partial charge on any atom is 0.189 e. The number of halogens is 1. The van der Waals surface area contributed by atoms with E-state index in [-0.39, 0.29) is 5.78 Å². The fourth-order valence-electron chi connectivity index (χ4n) is 4.23. The first-order chi connectivity index (χ1) is 14.0. The third kappa shape index (κ3) is 4.06. The third-order valence-corrected chi connectivity index (χ3v) is 5.90. The van der Waals surface area contributed by atoms with Gasteiger partial charge in [0.15, 0.2) is 17.3 Å². The summed E-state index contributed by atoms with van der Waals surface area (Å²) in [6.45, 7) is 2.19. The molecule has 0 N–H and O–H groups in total. The van der Waals surface area contributed by atoms with Crippen LogP contribution >= 0.6 is 0 Å². The van der Waals surface area contributed by atoms with Crippen LogP contribution in [0.3, 0.4) is 0 Å². The van der Waals surface area contributed by atoms with E-state index >= 15 is 4.39 Å². The Balaban J connectivity index is 1.46. The predicted molar refractivity (Wildman–Crippen MR) is 110 cm³/mol. The summed E-state index contributed by atoms with van der Waals surface area (Å²) in [4.78, 5) is 15.1. The summed E-state index contributed by atoms with van der Waals surface area (Å²) in [6, 6.07) is 13.8. The summed E-state index contributed by atoms with van der Waals surface area (Å²) in [5, 5.41) is 0. The first kappa shape index (κ1) is 19.6. The van der Waals surface area contributed by atoms with E-state index in [0.29, 0.717) is 55.0 Å². The molecular formula is C24H26FNO3. The van der Waals surface area contributed by atoms with Crippen molar-refractivity contribution in [3.8, 4) is 11.5 Å². The van der Waals surface area contributed by atoms with E-state index in [0.717, 1.165) is 12.1 Å². The van der Waals surface area contributed by atoms with Crippen molar-refractivity contribution in [1.82, 2.24) is 4.90 Å². The Kier molecular flexibility index (Phi) is 5.41. The molecule has 152 valence electrons. The number of methoxy groups -OCH3 is 2. The zero-order valence-electron chi connectivity index (χ0n) is 16.9. The Morgan fingerprint density at radius 1 is 1.07 bits per heavy atom. The fourth-order valence-corrected chi connectivity index (χ4v) is 4.23. The molecule has 1 aliphatic heterocycles. The van der Waals surface area contributed by atoms with Crippen LogP contribution in [0.15, 0.2) is 54.1 Å². The fraction of sp³-hybridized carbons (Fsp3) is 0.375. The van der Waals surface area contributed by atoms with Crippen LogP contribution in [-0.4, -0.2) is 43.7 Å². The van der Waals surface area contributed by atoms with E-state index in [4.69, 9.17) is 9.47 Å². The predicted octanol–water partition coefficient (Wildman–Crippen LogP) is 4.37. The molecule has 0 bridgehead atoms. The van der Waals surface area contributed by atoms with Crippen molar-refractivity contribution in [3.05, 3.63) is 70.8 Å². The number of ether oxygens (including phenoxy) is 2. The third-order valence-electron chi connectivity index (χ3n) is 5.90. The topological polar surface area (TPSA) is 38.8 Å². The van der Waals surface area contributed by atoms with Crippen LogP contribution in [-0.2, 0) is 13.0 Å². The van der Waals surface area contributed by atoms with Crippen molar-refractivity contribution in [2.24, 2.45) is 0 Å². The number of hydrogen-bond donors (Lipinski definition) is 0. The van der Waals surface area contributed by atoms with Gasteiger partial charge in [0.2, 0.25) is 0 Å². The average Bonchev–Trinajstić information content (AvgIpc) is 3.03. The van der Waals surface area contributed by atoms with Gasteiger partial charge in [-0.15, -0.1) is 0 Å². The lowest BCUT2D eigenvalue weighted by Gasteiger charge is -2.35. The van der Waals surface area contributed by atoms with E-state index < -0.39 is 5.67 Å². The number of carbonyl (C=O) groups is 1. The maximum absolute atomic E-state index is 15.5. The van der Waals surface area contributed by atoms with Gasteiger partial charge < -0.3 is 9.47 Å². The molecule has 0 unspecified atom stereocenters. The number of hydrogen-bond acceptors (Lipinski definition) is 4. The second kappa shape index (κ2) is 7.99. The molecule has 4 rings (SSSR count). The summed E-state index contributed by atoms with van der Waals surface area (Å²) >= 11 is 0. The number of rotatable bonds is 5. The molecule has 0 amide bonds. The molecule has 0 aromatic heterocycles. The largest absolute Gasteiger partial charge is 0.493 e. The number of piperidine rings is 1. The molecule has 5 heteroatoms. The molecule has 0 radical (unpaired) electrons. The first-order valence-electron chi connectivity index (χ1n) is 9.98. The highest BCUT2D eigenvalue weighted by Gasteiger charge is 2.36. The number of alkyl halides is 1. The van der Waals surface area contributed by atoms with Gasteiger partial charge in [0.05, 0.1) is 14.2 Å². The van der Waals surface area contributed by atoms with Crippen LogP contribution < -0.4 is 9.47 Å². The maximum atomic E-state index is 15.5. The molecule has 0 spiro atoms. The zero-order chi connectivity index (χ0) is 20.4. The lowest BCUT2D eigenvalue weighted by molar-refractivity contribution is 0.0902. The summed E-state index contributed by atoms with van der Waals surface area (Å²) in [6.07, 6.45) is 2.82. The monoisotopic (exact) mass is 395 g/mol. The van der Waals surface area contributed by atoms with Crippen LogP contribution in [0, 0.1) is 0 Å². The minimum absolute atomic E-state index is 0.107. The highest BCUT2D eigenvalue weighted by molar-refractivity contribution is 6.13. The highest BCUT2D eigenvalue weighted by Crippen LogP contribution is 2.38. The standard InChI is InChI=1S/C24H26FNO3/c1-28-21-13-18-12-19(23(27)20(18)14-22(21)29-2)15-24(25)8-10-26(11-9-24)16-17-6-4-3-5-7-17/h3-7,13-15H,8-12,16H2,1-2H3. The quantitative estimate of drug-likeness (QED) is 0.705. The minimum atomic E-state index is -1.44. The number of carbonyl (C=O) groups excluding carboxylic acids is 1. The molecule has 4 nitrogen and oxygen atoms in total. The van der Waals surface area contributed by atoms with Gasteiger partial charge in [-0.1, -0.05) is 30.3 Å². The van der Waals surface area contributed by atoms with Gasteiger partial charge in [-0.2, -0.15) is 0 Å². The van der Waals surface area contributed by atoms with Crippen LogP contribution in [0.5, 0.6) is 11.5 Å². The van der Waals surface area contributed by atoms with E-state index in [9.17, 15) is 4.79 Å². The van der Waals surface area contributed by atoms with Crippen LogP contribution in [0.2, 0.25) is 0 Å². The molecule has 1 aliphatic carbocycles. The first-order valence-corrected chi connectivity index (χ1v) is 9.98. The molecule has 1 fully saturated rings. The van der Waals surface area contributed by atoms with Gasteiger partial charge in [0.1, 0.15) is 5.67 Å². The normalized spacial score (nSPS) is 20.0. The van der Waals surface area contributed by atoms with E-state index in [1.165, 1.54) is 5.56 Å². The Morgan fingerprint density at radius 2 is 1.72 bits per heavy atom. The van der Waals surface area contributed by atoms with Gasteiger partial charge in [0, 0.05) is 37.2 Å². The van der Waals surface area contributed by atoms with Gasteiger partial charge in [-0.25, -0.2) is 4.39 Å². The van der Waals surface area contributed by atoms with Crippen molar-refractivity contribution in [3.63, 3.8) is 0 Å². The summed E-state index contributed by atoms with van der Waals surface area (Å²) in [5.74, 6) is 0.999. The van der Waals surface area contributed by atoms with Crippen molar-refractivity contribution < 1.29 is 18.7 Å². The number of nitrogens with zero attached hydrogens (tertiary/aromatic N) is 1. The second-order valence-corrected chi connectivity index (χ2v) is 7.84. The number of likely N-dealkylation sites (tertiary alicyclic amines) is 1. The molecule has 2 aromatic rings. The molecule has 2 aromatic carbocycles. The summed E-state index contributed by atoms with van der Waals surface area (Å²) in [7, 11) is 3.11. The van der Waals surface area contributed by atoms with Crippen molar-refractivity contribution in [2.75, 3.05) is 27.3 Å². The Labute approximate surface area is 170 Å². The molecule has 29 heavy (non-hydrogen) atoms. The molecule has 1 heterocycles. The molecule has 2 aliphatic rings. The minimum Gasteiger partial charge on any atom is -0.493 e. The lowest BCUT2D eigenvalue weighted by atomic mass is 9.90. The number of Topliss-reactive ketones (excluding diaryl/α,β-unsaturated/α-hetero) is 1. The van der Waals surface area contributed by atoms with Crippen molar-refractivity contribution in [2.45, 2.75) is 31.5 Å².